The molecule has 19 heavy (non-hydrogen) atoms. The second kappa shape index (κ2) is 9.66. The van der Waals surface area contributed by atoms with Gasteiger partial charge in [0.25, 0.3) is 0 Å². The third-order valence-electron chi connectivity index (χ3n) is 2.70. The fraction of sp³-hybridized carbons (Fsp3) is 0.750. The number of hydrogen-bond donors (Lipinski definition) is 2. The first-order chi connectivity index (χ1) is 9.31. The fourth-order valence-electron chi connectivity index (χ4n) is 1.68. The van der Waals surface area contributed by atoms with Gasteiger partial charge in [-0.05, 0) is 18.4 Å². The van der Waals surface area contributed by atoms with E-state index in [1.54, 1.807) is 13.4 Å². The van der Waals surface area contributed by atoms with Crippen LogP contribution in [-0.4, -0.2) is 52.9 Å². The van der Waals surface area contributed by atoms with Crippen LogP contribution in [0.25, 0.3) is 0 Å². The smallest absolute Gasteiger partial charge is 0.191 e. The Morgan fingerprint density at radius 1 is 1.42 bits per heavy atom. The largest absolute Gasteiger partial charge is 0.356 e. The zero-order valence-electron chi connectivity index (χ0n) is 12.0. The minimum absolute atomic E-state index is 0.813. The van der Waals surface area contributed by atoms with Crippen LogP contribution in [0.4, 0.5) is 0 Å². The van der Waals surface area contributed by atoms with Crippen molar-refractivity contribution in [2.24, 2.45) is 4.99 Å². The molecule has 0 unspecified atom stereocenters. The first-order valence-corrected chi connectivity index (χ1v) is 8.01. The average molecular weight is 284 g/mol. The lowest BCUT2D eigenvalue weighted by Gasteiger charge is -2.12. The molecule has 0 amide bonds. The quantitative estimate of drug-likeness (QED) is 0.419. The third-order valence-corrected chi connectivity index (χ3v) is 3.40. The second-order valence-corrected chi connectivity index (χ2v) is 5.05. The Morgan fingerprint density at radius 3 is 2.89 bits per heavy atom. The van der Waals surface area contributed by atoms with Crippen LogP contribution in [0.3, 0.4) is 0 Å². The number of guanidine groups is 1. The maximum absolute atomic E-state index is 4.19. The predicted octanol–water partition coefficient (Wildman–Crippen LogP) is 0.759. The zero-order valence-corrected chi connectivity index (χ0v) is 12.8. The number of aromatic nitrogens is 3. The Morgan fingerprint density at radius 2 is 2.21 bits per heavy atom. The normalized spacial score (nSPS) is 11.6. The molecule has 2 N–H and O–H groups in total. The minimum atomic E-state index is 0.813. The van der Waals surface area contributed by atoms with Gasteiger partial charge in [0, 0.05) is 33.1 Å². The summed E-state index contributed by atoms with van der Waals surface area (Å²) in [7, 11) is 1.79. The van der Waals surface area contributed by atoms with Crippen LogP contribution >= 0.6 is 11.8 Å². The molecule has 0 aliphatic rings. The van der Waals surface area contributed by atoms with Gasteiger partial charge in [-0.15, -0.1) is 10.2 Å². The number of aliphatic imine (C=N–C) groups is 1. The van der Waals surface area contributed by atoms with Crippen molar-refractivity contribution in [2.75, 3.05) is 32.1 Å². The van der Waals surface area contributed by atoms with Crippen molar-refractivity contribution in [3.05, 3.63) is 12.2 Å². The summed E-state index contributed by atoms with van der Waals surface area (Å²) >= 11 is 1.86. The topological polar surface area (TPSA) is 67.1 Å². The summed E-state index contributed by atoms with van der Waals surface area (Å²) in [5, 5.41) is 14.6. The van der Waals surface area contributed by atoms with Crippen molar-refractivity contribution in [3.63, 3.8) is 0 Å². The van der Waals surface area contributed by atoms with Crippen molar-refractivity contribution in [2.45, 2.75) is 26.3 Å². The van der Waals surface area contributed by atoms with Crippen LogP contribution in [0.15, 0.2) is 11.3 Å². The first-order valence-electron chi connectivity index (χ1n) is 6.62. The van der Waals surface area contributed by atoms with Gasteiger partial charge in [-0.2, -0.15) is 11.8 Å². The average Bonchev–Trinajstić information content (AvgIpc) is 2.89. The molecule has 1 aromatic rings. The van der Waals surface area contributed by atoms with Gasteiger partial charge in [-0.1, -0.05) is 6.92 Å². The van der Waals surface area contributed by atoms with E-state index in [-0.39, 0.29) is 0 Å². The molecule has 0 aliphatic carbocycles. The van der Waals surface area contributed by atoms with Gasteiger partial charge >= 0.3 is 0 Å². The fourth-order valence-corrected chi connectivity index (χ4v) is 2.11. The molecule has 0 saturated carbocycles. The highest BCUT2D eigenvalue weighted by atomic mass is 32.2. The Balaban J connectivity index is 2.23. The molecular formula is C12H24N6S. The van der Waals surface area contributed by atoms with Gasteiger partial charge < -0.3 is 15.2 Å². The molecule has 108 valence electrons. The first kappa shape index (κ1) is 15.8. The molecule has 1 heterocycles. The molecule has 0 spiro atoms. The summed E-state index contributed by atoms with van der Waals surface area (Å²) in [6.07, 6.45) is 5.95. The maximum Gasteiger partial charge on any atom is 0.191 e. The number of nitrogens with one attached hydrogen (secondary N) is 2. The minimum Gasteiger partial charge on any atom is -0.356 e. The van der Waals surface area contributed by atoms with Crippen molar-refractivity contribution < 1.29 is 0 Å². The van der Waals surface area contributed by atoms with Crippen LogP contribution in [0.1, 0.15) is 19.2 Å². The van der Waals surface area contributed by atoms with Crippen LogP contribution in [0, 0.1) is 0 Å². The lowest BCUT2D eigenvalue weighted by atomic mass is 10.4. The van der Waals surface area contributed by atoms with Crippen molar-refractivity contribution in [1.29, 1.82) is 0 Å². The lowest BCUT2D eigenvalue weighted by Crippen LogP contribution is -2.39. The van der Waals surface area contributed by atoms with E-state index in [0.29, 0.717) is 0 Å². The van der Waals surface area contributed by atoms with Crippen LogP contribution in [0.2, 0.25) is 0 Å². The summed E-state index contributed by atoms with van der Waals surface area (Å²) in [4.78, 5) is 4.19. The van der Waals surface area contributed by atoms with Gasteiger partial charge in [0.2, 0.25) is 0 Å². The molecule has 1 rings (SSSR count). The molecule has 0 radical (unpaired) electrons. The monoisotopic (exact) mass is 284 g/mol. The van der Waals surface area contributed by atoms with Gasteiger partial charge in [0.15, 0.2) is 5.96 Å². The molecule has 0 saturated heterocycles. The van der Waals surface area contributed by atoms with Crippen LogP contribution in [0.5, 0.6) is 0 Å². The zero-order chi connectivity index (χ0) is 13.9. The number of aryl methyl sites for hydroxylation is 1. The summed E-state index contributed by atoms with van der Waals surface area (Å²) in [6, 6.07) is 0. The van der Waals surface area contributed by atoms with Crippen molar-refractivity contribution in [3.8, 4) is 0 Å². The lowest BCUT2D eigenvalue weighted by molar-refractivity contribution is 0.632. The molecule has 0 atom stereocenters. The van der Waals surface area contributed by atoms with E-state index in [2.05, 4.69) is 43.6 Å². The van der Waals surface area contributed by atoms with E-state index in [1.165, 1.54) is 5.75 Å². The Labute approximate surface area is 119 Å². The number of nitrogens with zero attached hydrogens (tertiary/aromatic N) is 4. The number of rotatable bonds is 8. The highest BCUT2D eigenvalue weighted by Gasteiger charge is 2.01. The molecule has 0 aromatic carbocycles. The van der Waals surface area contributed by atoms with Crippen LogP contribution in [-0.2, 0) is 13.0 Å². The van der Waals surface area contributed by atoms with Crippen molar-refractivity contribution >= 4 is 17.7 Å². The van der Waals surface area contributed by atoms with Gasteiger partial charge in [0.1, 0.15) is 12.2 Å². The standard InChI is InChI=1S/C12H24N6S/c1-4-11-17-16-10-18(11)8-7-15-12(13-2)14-6-5-9-19-3/h10H,4-9H2,1-3H3,(H2,13,14,15). The van der Waals surface area contributed by atoms with Gasteiger partial charge in [-0.3, -0.25) is 4.99 Å². The maximum atomic E-state index is 4.19. The van der Waals surface area contributed by atoms with E-state index < -0.39 is 0 Å². The van der Waals surface area contributed by atoms with Crippen molar-refractivity contribution in [1.82, 2.24) is 25.4 Å². The van der Waals surface area contributed by atoms with E-state index in [4.69, 9.17) is 0 Å². The molecular weight excluding hydrogens is 260 g/mol. The molecule has 0 aliphatic heterocycles. The Kier molecular flexibility index (Phi) is 8.04. The SMILES string of the molecule is CCc1nncn1CCNC(=NC)NCCCSC. The number of thioether (sulfide) groups is 1. The predicted molar refractivity (Wildman–Crippen MR) is 81.8 cm³/mol. The van der Waals surface area contributed by atoms with Gasteiger partial charge in [-0.25, -0.2) is 0 Å². The summed E-state index contributed by atoms with van der Waals surface area (Å²) in [5.41, 5.74) is 0. The Hall–Kier alpha value is -1.24. The molecule has 6 nitrogen and oxygen atoms in total. The molecule has 0 bridgehead atoms. The highest BCUT2D eigenvalue weighted by molar-refractivity contribution is 7.98. The van der Waals surface area contributed by atoms with E-state index >= 15 is 0 Å². The molecule has 1 aromatic heterocycles. The van der Waals surface area contributed by atoms with E-state index in [0.717, 1.165) is 44.3 Å². The number of hydrogen-bond acceptors (Lipinski definition) is 4. The Bertz CT molecular complexity index is 376. The summed E-state index contributed by atoms with van der Waals surface area (Å²) in [6.45, 7) is 4.70. The van der Waals surface area contributed by atoms with E-state index in [9.17, 15) is 0 Å². The van der Waals surface area contributed by atoms with E-state index in [1.807, 2.05) is 11.8 Å². The third kappa shape index (κ3) is 5.96. The summed E-state index contributed by atoms with van der Waals surface area (Å²) < 4.78 is 2.06. The second-order valence-electron chi connectivity index (χ2n) is 4.07. The van der Waals surface area contributed by atoms with Crippen LogP contribution < -0.4 is 10.6 Å². The van der Waals surface area contributed by atoms with Gasteiger partial charge in [0.05, 0.1) is 0 Å². The molecule has 0 fully saturated rings. The molecule has 7 heteroatoms. The highest BCUT2D eigenvalue weighted by Crippen LogP contribution is 1.95. The summed E-state index contributed by atoms with van der Waals surface area (Å²) in [5.74, 6) is 3.04.